The highest BCUT2D eigenvalue weighted by Gasteiger charge is 2.28. The topological polar surface area (TPSA) is 54.6 Å². The molecule has 2 heterocycles. The van der Waals surface area contributed by atoms with Crippen LogP contribution in [0.3, 0.4) is 0 Å². The lowest BCUT2D eigenvalue weighted by Crippen LogP contribution is -2.44. The van der Waals surface area contributed by atoms with Gasteiger partial charge in [-0.1, -0.05) is 12.1 Å². The molecule has 1 saturated heterocycles. The van der Waals surface area contributed by atoms with E-state index in [1.807, 2.05) is 49.1 Å². The first-order chi connectivity index (χ1) is 14.0. The number of carbonyl (C=O) groups excluding carboxylic acids is 1. The summed E-state index contributed by atoms with van der Waals surface area (Å²) in [5.41, 5.74) is 3.56. The largest absolute Gasteiger partial charge is 0.497 e. The van der Waals surface area contributed by atoms with Crippen molar-refractivity contribution in [2.45, 2.75) is 38.7 Å². The van der Waals surface area contributed by atoms with Crippen LogP contribution >= 0.6 is 0 Å². The molecule has 1 fully saturated rings. The highest BCUT2D eigenvalue weighted by molar-refractivity contribution is 5.85. The summed E-state index contributed by atoms with van der Waals surface area (Å²) >= 11 is 0. The summed E-state index contributed by atoms with van der Waals surface area (Å²) < 4.78 is 11.3. The van der Waals surface area contributed by atoms with Gasteiger partial charge in [-0.25, -0.2) is 0 Å². The number of H-pyrrole nitrogens is 1. The average molecular weight is 392 g/mol. The highest BCUT2D eigenvalue weighted by Crippen LogP contribution is 2.35. The molecule has 0 aliphatic carbocycles. The molecule has 1 amide bonds. The maximum atomic E-state index is 12.9. The zero-order chi connectivity index (χ0) is 20.4. The van der Waals surface area contributed by atoms with E-state index in [0.29, 0.717) is 5.92 Å². The van der Waals surface area contributed by atoms with Gasteiger partial charge in [-0.05, 0) is 74.1 Å². The second kappa shape index (κ2) is 8.19. The number of aryl methyl sites for hydroxylation is 1. The smallest absolute Gasteiger partial charge is 0.263 e. The van der Waals surface area contributed by atoms with Gasteiger partial charge in [0.1, 0.15) is 11.5 Å². The van der Waals surface area contributed by atoms with Crippen molar-refractivity contribution >= 4 is 16.8 Å². The summed E-state index contributed by atoms with van der Waals surface area (Å²) in [5.74, 6) is 2.11. The quantitative estimate of drug-likeness (QED) is 0.687. The van der Waals surface area contributed by atoms with E-state index in [-0.39, 0.29) is 5.91 Å². The van der Waals surface area contributed by atoms with Crippen LogP contribution < -0.4 is 9.47 Å². The second-order valence-electron chi connectivity index (χ2n) is 7.83. The molecule has 1 aromatic heterocycles. The Morgan fingerprint density at radius 1 is 1.14 bits per heavy atom. The Morgan fingerprint density at radius 2 is 1.93 bits per heavy atom. The van der Waals surface area contributed by atoms with Crippen LogP contribution in [0.1, 0.15) is 36.8 Å². The minimum atomic E-state index is -0.481. The average Bonchev–Trinajstić information content (AvgIpc) is 3.16. The van der Waals surface area contributed by atoms with E-state index in [4.69, 9.17) is 9.47 Å². The van der Waals surface area contributed by atoms with E-state index >= 15 is 0 Å². The minimum Gasteiger partial charge on any atom is -0.497 e. The zero-order valence-electron chi connectivity index (χ0n) is 17.3. The van der Waals surface area contributed by atoms with Gasteiger partial charge in [-0.2, -0.15) is 0 Å². The zero-order valence-corrected chi connectivity index (χ0v) is 17.3. The lowest BCUT2D eigenvalue weighted by atomic mass is 9.89. The number of aromatic amines is 1. The molecule has 0 bridgehead atoms. The first-order valence-electron chi connectivity index (χ1n) is 10.2. The summed E-state index contributed by atoms with van der Waals surface area (Å²) in [6.45, 7) is 5.36. The Labute approximate surface area is 171 Å². The molecule has 5 heteroatoms. The van der Waals surface area contributed by atoms with E-state index in [9.17, 15) is 4.79 Å². The fraction of sp³-hybridized carbons (Fsp3) is 0.375. The summed E-state index contributed by atoms with van der Waals surface area (Å²) in [6, 6.07) is 13.9. The number of nitrogens with zero attached hydrogens (tertiary/aromatic N) is 1. The van der Waals surface area contributed by atoms with E-state index in [0.717, 1.165) is 48.5 Å². The number of benzene rings is 2. The van der Waals surface area contributed by atoms with Crippen LogP contribution in [0.2, 0.25) is 0 Å². The Balaban J connectivity index is 1.39. The van der Waals surface area contributed by atoms with E-state index in [1.54, 1.807) is 7.11 Å². The van der Waals surface area contributed by atoms with Gasteiger partial charge in [-0.15, -0.1) is 0 Å². The number of rotatable bonds is 5. The molecule has 29 heavy (non-hydrogen) atoms. The predicted octanol–water partition coefficient (Wildman–Crippen LogP) is 4.66. The molecular weight excluding hydrogens is 364 g/mol. The van der Waals surface area contributed by atoms with Crippen molar-refractivity contribution in [2.75, 3.05) is 20.2 Å². The van der Waals surface area contributed by atoms with E-state index in [2.05, 4.69) is 23.3 Å². The van der Waals surface area contributed by atoms with Gasteiger partial charge < -0.3 is 19.4 Å². The number of nitrogens with one attached hydrogen (secondary N) is 1. The van der Waals surface area contributed by atoms with Gasteiger partial charge >= 0.3 is 0 Å². The molecule has 1 N–H and O–H groups in total. The first kappa shape index (κ1) is 19.4. The van der Waals surface area contributed by atoms with Crippen molar-refractivity contribution in [3.05, 3.63) is 59.8 Å². The van der Waals surface area contributed by atoms with Crippen molar-refractivity contribution in [1.82, 2.24) is 9.88 Å². The van der Waals surface area contributed by atoms with E-state index < -0.39 is 6.10 Å². The monoisotopic (exact) mass is 392 g/mol. The molecule has 1 aliphatic rings. The third-order valence-electron chi connectivity index (χ3n) is 5.82. The van der Waals surface area contributed by atoms with E-state index in [1.165, 1.54) is 10.9 Å². The molecule has 1 aliphatic heterocycles. The molecule has 0 saturated carbocycles. The Bertz CT molecular complexity index is 1000. The van der Waals surface area contributed by atoms with Gasteiger partial charge in [0.15, 0.2) is 6.10 Å². The molecular formula is C24H28N2O3. The van der Waals surface area contributed by atoms with Crippen molar-refractivity contribution in [2.24, 2.45) is 0 Å². The van der Waals surface area contributed by atoms with Crippen LogP contribution in [-0.4, -0.2) is 42.1 Å². The van der Waals surface area contributed by atoms with Gasteiger partial charge in [0.05, 0.1) is 7.11 Å². The number of carbonyl (C=O) groups is 1. The third-order valence-corrected chi connectivity index (χ3v) is 5.82. The van der Waals surface area contributed by atoms with Gasteiger partial charge in [0, 0.05) is 30.2 Å². The molecule has 0 radical (unpaired) electrons. The molecule has 152 valence electrons. The number of methoxy groups -OCH3 is 1. The van der Waals surface area contributed by atoms with Crippen molar-refractivity contribution in [3.63, 3.8) is 0 Å². The molecule has 1 unspecified atom stereocenters. The molecule has 3 aromatic rings. The van der Waals surface area contributed by atoms with Gasteiger partial charge in [-0.3, -0.25) is 4.79 Å². The number of likely N-dealkylation sites (tertiary alicyclic amines) is 1. The summed E-state index contributed by atoms with van der Waals surface area (Å²) in [6.07, 6.45) is 3.53. The van der Waals surface area contributed by atoms with Crippen LogP contribution in [-0.2, 0) is 4.79 Å². The Hall–Kier alpha value is -2.95. The fourth-order valence-electron chi connectivity index (χ4n) is 4.20. The Morgan fingerprint density at radius 3 is 2.66 bits per heavy atom. The molecule has 5 nitrogen and oxygen atoms in total. The predicted molar refractivity (Wildman–Crippen MR) is 115 cm³/mol. The van der Waals surface area contributed by atoms with Crippen LogP contribution in [0.15, 0.2) is 48.7 Å². The van der Waals surface area contributed by atoms with Crippen molar-refractivity contribution in [1.29, 1.82) is 0 Å². The van der Waals surface area contributed by atoms with Crippen LogP contribution in [0.5, 0.6) is 11.5 Å². The molecule has 1 atom stereocenters. The van der Waals surface area contributed by atoms with Crippen LogP contribution in [0.4, 0.5) is 0 Å². The minimum absolute atomic E-state index is 0.0607. The normalized spacial score (nSPS) is 16.0. The summed E-state index contributed by atoms with van der Waals surface area (Å²) in [5, 5.41) is 1.21. The second-order valence-corrected chi connectivity index (χ2v) is 7.83. The van der Waals surface area contributed by atoms with Crippen LogP contribution in [0, 0.1) is 6.92 Å². The highest BCUT2D eigenvalue weighted by atomic mass is 16.5. The number of ether oxygens (including phenoxy) is 2. The fourth-order valence-corrected chi connectivity index (χ4v) is 4.20. The molecule has 0 spiro atoms. The lowest BCUT2D eigenvalue weighted by Gasteiger charge is -2.33. The summed E-state index contributed by atoms with van der Waals surface area (Å²) in [4.78, 5) is 18.2. The number of hydrogen-bond acceptors (Lipinski definition) is 3. The lowest BCUT2D eigenvalue weighted by molar-refractivity contribution is -0.139. The number of hydrogen-bond donors (Lipinski definition) is 1. The maximum Gasteiger partial charge on any atom is 0.263 e. The van der Waals surface area contributed by atoms with Gasteiger partial charge in [0.25, 0.3) is 5.91 Å². The third kappa shape index (κ3) is 4.09. The van der Waals surface area contributed by atoms with Gasteiger partial charge in [0.2, 0.25) is 0 Å². The number of aromatic nitrogens is 1. The first-order valence-corrected chi connectivity index (χ1v) is 10.2. The SMILES string of the molecule is COc1ccc2[nH]cc(C3CCN(C(=O)C(C)Oc4cccc(C)c4)CC3)c2c1. The number of amides is 1. The number of fused-ring (bicyclic) bond motifs is 1. The molecule has 2 aromatic carbocycles. The standard InChI is InChI=1S/C24H28N2O3/c1-16-5-4-6-20(13-16)29-17(2)24(27)26-11-9-18(10-12-26)22-15-25-23-8-7-19(28-3)14-21(22)23/h4-8,13-15,17-18,25H,9-12H2,1-3H3. The van der Waals surface area contributed by atoms with Crippen molar-refractivity contribution in [3.8, 4) is 11.5 Å². The van der Waals surface area contributed by atoms with Crippen molar-refractivity contribution < 1.29 is 14.3 Å². The van der Waals surface area contributed by atoms with Crippen LogP contribution in [0.25, 0.3) is 10.9 Å². The maximum absolute atomic E-state index is 12.9. The summed E-state index contributed by atoms with van der Waals surface area (Å²) in [7, 11) is 1.69. The molecule has 4 rings (SSSR count). The number of piperidine rings is 1. The Kier molecular flexibility index (Phi) is 5.47.